The molecule has 4 aromatic rings. The molecule has 0 aliphatic carbocycles. The van der Waals surface area contributed by atoms with Crippen LogP contribution in [0.1, 0.15) is 21.7 Å². The van der Waals surface area contributed by atoms with Gasteiger partial charge < -0.3 is 0 Å². The molecule has 0 aliphatic rings. The molecule has 0 spiro atoms. The van der Waals surface area contributed by atoms with Crippen molar-refractivity contribution in [1.29, 1.82) is 0 Å². The SMILES string of the molecule is Cc1cc(C)n(CCN(C(=O)c2ccc(S(C)(=O)=O)cc2)c2nc3c(F)cc(F)cc3s2)n1. The first-order valence-electron chi connectivity index (χ1n) is 9.91. The Bertz CT molecular complexity index is 1460. The number of aromatic nitrogens is 3. The van der Waals surface area contributed by atoms with Gasteiger partial charge in [0.25, 0.3) is 5.91 Å². The van der Waals surface area contributed by atoms with Gasteiger partial charge in [-0.3, -0.25) is 14.4 Å². The van der Waals surface area contributed by atoms with Crippen molar-refractivity contribution in [1.82, 2.24) is 14.8 Å². The fraction of sp³-hybridized carbons (Fsp3) is 0.227. The van der Waals surface area contributed by atoms with Crippen LogP contribution in [0.15, 0.2) is 47.4 Å². The molecule has 2 heterocycles. The van der Waals surface area contributed by atoms with E-state index in [1.54, 1.807) is 4.68 Å². The van der Waals surface area contributed by atoms with Crippen molar-refractivity contribution in [3.8, 4) is 0 Å². The summed E-state index contributed by atoms with van der Waals surface area (Å²) in [5, 5.41) is 4.60. The van der Waals surface area contributed by atoms with E-state index in [-0.39, 0.29) is 32.4 Å². The van der Waals surface area contributed by atoms with E-state index in [1.165, 1.54) is 35.2 Å². The summed E-state index contributed by atoms with van der Waals surface area (Å²) in [7, 11) is -3.42. The number of fused-ring (bicyclic) bond motifs is 1. The minimum absolute atomic E-state index is 0.0206. The molecular formula is C22H20F2N4O3S2. The number of carbonyl (C=O) groups excluding carboxylic acids is 1. The Hall–Kier alpha value is -3.18. The van der Waals surface area contributed by atoms with Gasteiger partial charge in [0, 0.05) is 30.1 Å². The highest BCUT2D eigenvalue weighted by molar-refractivity contribution is 7.90. The zero-order chi connectivity index (χ0) is 23.9. The van der Waals surface area contributed by atoms with E-state index in [0.29, 0.717) is 6.54 Å². The summed E-state index contributed by atoms with van der Waals surface area (Å²) in [6.45, 7) is 4.27. The van der Waals surface area contributed by atoms with Crippen molar-refractivity contribution in [3.05, 3.63) is 71.1 Å². The molecule has 0 saturated carbocycles. The Morgan fingerprint density at radius 1 is 1.12 bits per heavy atom. The number of thiazole rings is 1. The van der Waals surface area contributed by atoms with Crippen LogP contribution in [0.4, 0.5) is 13.9 Å². The molecule has 4 rings (SSSR count). The maximum atomic E-state index is 14.2. The van der Waals surface area contributed by atoms with Crippen molar-refractivity contribution in [2.24, 2.45) is 0 Å². The van der Waals surface area contributed by atoms with Crippen LogP contribution in [-0.2, 0) is 16.4 Å². The molecule has 0 radical (unpaired) electrons. The highest BCUT2D eigenvalue weighted by Gasteiger charge is 2.23. The summed E-state index contributed by atoms with van der Waals surface area (Å²) in [5.74, 6) is -1.99. The van der Waals surface area contributed by atoms with Crippen LogP contribution in [0.3, 0.4) is 0 Å². The van der Waals surface area contributed by atoms with E-state index in [2.05, 4.69) is 10.1 Å². The number of benzene rings is 2. The summed E-state index contributed by atoms with van der Waals surface area (Å²) in [6, 6.07) is 9.38. The van der Waals surface area contributed by atoms with Crippen LogP contribution in [0, 0.1) is 25.5 Å². The Balaban J connectivity index is 1.73. The van der Waals surface area contributed by atoms with Crippen molar-refractivity contribution in [3.63, 3.8) is 0 Å². The Morgan fingerprint density at radius 2 is 1.82 bits per heavy atom. The first-order chi connectivity index (χ1) is 15.5. The largest absolute Gasteiger partial charge is 0.282 e. The molecule has 11 heteroatoms. The predicted molar refractivity (Wildman–Crippen MR) is 122 cm³/mol. The number of hydrogen-bond donors (Lipinski definition) is 0. The van der Waals surface area contributed by atoms with E-state index in [4.69, 9.17) is 0 Å². The second kappa shape index (κ2) is 8.64. The highest BCUT2D eigenvalue weighted by Crippen LogP contribution is 2.32. The Morgan fingerprint density at radius 3 is 2.42 bits per heavy atom. The lowest BCUT2D eigenvalue weighted by molar-refractivity contribution is 0.0985. The third-order valence-electron chi connectivity index (χ3n) is 5.05. The lowest BCUT2D eigenvalue weighted by Crippen LogP contribution is -2.34. The van der Waals surface area contributed by atoms with E-state index < -0.39 is 27.4 Å². The standard InChI is InChI=1S/C22H20F2N4O3S2/c1-13-10-14(2)28(26-13)9-8-27(21(29)15-4-6-17(7-5-15)33(3,30)31)22-25-20-18(24)11-16(23)12-19(20)32-22/h4-7,10-12H,8-9H2,1-3H3. The molecule has 0 saturated heterocycles. The summed E-state index contributed by atoms with van der Waals surface area (Å²) >= 11 is 0.997. The molecule has 1 amide bonds. The van der Waals surface area contributed by atoms with Gasteiger partial charge in [0.05, 0.1) is 21.8 Å². The van der Waals surface area contributed by atoms with Crippen LogP contribution in [-0.4, -0.2) is 41.9 Å². The predicted octanol–water partition coefficient (Wildman–Crippen LogP) is 4.14. The zero-order valence-corrected chi connectivity index (χ0v) is 19.7. The van der Waals surface area contributed by atoms with Gasteiger partial charge in [0.2, 0.25) is 0 Å². The monoisotopic (exact) mass is 490 g/mol. The molecule has 172 valence electrons. The van der Waals surface area contributed by atoms with Crippen molar-refractivity contribution in [2.75, 3.05) is 17.7 Å². The number of nitrogens with zero attached hydrogens (tertiary/aromatic N) is 4. The van der Waals surface area contributed by atoms with Crippen molar-refractivity contribution in [2.45, 2.75) is 25.3 Å². The lowest BCUT2D eigenvalue weighted by Gasteiger charge is -2.20. The molecule has 0 bridgehead atoms. The molecule has 2 aromatic carbocycles. The van der Waals surface area contributed by atoms with Gasteiger partial charge in [0.1, 0.15) is 11.3 Å². The topological polar surface area (TPSA) is 85.2 Å². The van der Waals surface area contributed by atoms with Crippen LogP contribution in [0.5, 0.6) is 0 Å². The van der Waals surface area contributed by atoms with E-state index in [9.17, 15) is 22.0 Å². The lowest BCUT2D eigenvalue weighted by atomic mass is 10.2. The van der Waals surface area contributed by atoms with Gasteiger partial charge in [-0.2, -0.15) is 5.10 Å². The quantitative estimate of drug-likeness (QED) is 0.406. The first-order valence-corrected chi connectivity index (χ1v) is 12.6. The average molecular weight is 491 g/mol. The number of halogens is 2. The number of anilines is 1. The van der Waals surface area contributed by atoms with Gasteiger partial charge in [0.15, 0.2) is 20.8 Å². The number of hydrogen-bond acceptors (Lipinski definition) is 6. The van der Waals surface area contributed by atoms with E-state index in [0.717, 1.165) is 35.0 Å². The van der Waals surface area contributed by atoms with E-state index >= 15 is 0 Å². The summed E-state index contributed by atoms with van der Waals surface area (Å²) in [5.41, 5.74) is 1.96. The van der Waals surface area contributed by atoms with Gasteiger partial charge in [-0.25, -0.2) is 22.2 Å². The highest BCUT2D eigenvalue weighted by atomic mass is 32.2. The number of amides is 1. The second-order valence-corrected chi connectivity index (χ2v) is 10.7. The fourth-order valence-corrected chi connectivity index (χ4v) is 5.10. The average Bonchev–Trinajstić information content (AvgIpc) is 3.30. The van der Waals surface area contributed by atoms with Gasteiger partial charge in [-0.15, -0.1) is 0 Å². The normalized spacial score (nSPS) is 11.8. The van der Waals surface area contributed by atoms with Gasteiger partial charge >= 0.3 is 0 Å². The zero-order valence-electron chi connectivity index (χ0n) is 18.0. The minimum Gasteiger partial charge on any atom is -0.282 e. The fourth-order valence-electron chi connectivity index (χ4n) is 3.44. The van der Waals surface area contributed by atoms with Gasteiger partial charge in [-0.1, -0.05) is 11.3 Å². The number of carbonyl (C=O) groups is 1. The van der Waals surface area contributed by atoms with Crippen molar-refractivity contribution >= 4 is 42.4 Å². The molecule has 0 N–H and O–H groups in total. The van der Waals surface area contributed by atoms with Crippen molar-refractivity contribution < 1.29 is 22.0 Å². The van der Waals surface area contributed by atoms with Crippen LogP contribution in [0.25, 0.3) is 10.2 Å². The van der Waals surface area contributed by atoms with Gasteiger partial charge in [-0.05, 0) is 50.2 Å². The molecule has 0 aliphatic heterocycles. The van der Waals surface area contributed by atoms with E-state index in [1.807, 2.05) is 19.9 Å². The number of rotatable bonds is 6. The maximum Gasteiger partial charge on any atom is 0.260 e. The summed E-state index contributed by atoms with van der Waals surface area (Å²) in [6.07, 6.45) is 1.08. The maximum absolute atomic E-state index is 14.2. The molecule has 33 heavy (non-hydrogen) atoms. The number of sulfone groups is 1. The summed E-state index contributed by atoms with van der Waals surface area (Å²) in [4.78, 5) is 19.1. The third kappa shape index (κ3) is 4.79. The molecular weight excluding hydrogens is 470 g/mol. The molecule has 2 aromatic heterocycles. The number of aryl methyl sites for hydroxylation is 2. The summed E-state index contributed by atoms with van der Waals surface area (Å²) < 4.78 is 53.4. The van der Waals surface area contributed by atoms with Crippen LogP contribution >= 0.6 is 11.3 Å². The Kier molecular flexibility index (Phi) is 6.02. The molecule has 0 fully saturated rings. The molecule has 0 atom stereocenters. The third-order valence-corrected chi connectivity index (χ3v) is 7.20. The molecule has 7 nitrogen and oxygen atoms in total. The first kappa shape index (κ1) is 23.0. The van der Waals surface area contributed by atoms with Crippen LogP contribution in [0.2, 0.25) is 0 Å². The van der Waals surface area contributed by atoms with Crippen LogP contribution < -0.4 is 4.90 Å². The second-order valence-electron chi connectivity index (χ2n) is 7.63. The smallest absolute Gasteiger partial charge is 0.260 e. The molecule has 0 unspecified atom stereocenters. The minimum atomic E-state index is -3.42. The Labute approximate surface area is 193 Å².